The molecule has 1 atom stereocenters. The quantitative estimate of drug-likeness (QED) is 0.288. The number of carbonyl (C=O) groups is 2. The zero-order chi connectivity index (χ0) is 24.2. The number of nitrogens with zero attached hydrogens (tertiary/aromatic N) is 4. The van der Waals surface area contributed by atoms with Crippen molar-refractivity contribution in [2.75, 3.05) is 12.4 Å². The number of hydrogen-bond donors (Lipinski definition) is 3. The number of aryl methyl sites for hydroxylation is 1. The number of urea groups is 1. The third-order valence-corrected chi connectivity index (χ3v) is 6.25. The average molecular weight is 476 g/mol. The number of pyridine rings is 1. The van der Waals surface area contributed by atoms with Gasteiger partial charge in [-0.15, -0.1) is 10.2 Å². The van der Waals surface area contributed by atoms with E-state index in [0.29, 0.717) is 17.5 Å². The van der Waals surface area contributed by atoms with Crippen molar-refractivity contribution in [2.45, 2.75) is 31.2 Å². The average Bonchev–Trinajstić information content (AvgIpc) is 3.18. The highest BCUT2D eigenvalue weighted by molar-refractivity contribution is 8.00. The van der Waals surface area contributed by atoms with Crippen LogP contribution in [0.4, 0.5) is 4.79 Å². The number of nitrogen functional groups attached to an aromatic ring is 1. The number of aromatic nitrogens is 4. The Kier molecular flexibility index (Phi) is 6.78. The summed E-state index contributed by atoms with van der Waals surface area (Å²) in [4.78, 5) is 28.8. The molecule has 34 heavy (non-hydrogen) atoms. The molecule has 10 heteroatoms. The van der Waals surface area contributed by atoms with Crippen LogP contribution >= 0.6 is 11.8 Å². The first-order valence-electron chi connectivity index (χ1n) is 10.8. The van der Waals surface area contributed by atoms with E-state index in [2.05, 4.69) is 20.8 Å². The summed E-state index contributed by atoms with van der Waals surface area (Å²) in [6.07, 6.45) is 0. The maximum Gasteiger partial charge on any atom is 0.321 e. The molecular weight excluding hydrogens is 450 g/mol. The molecule has 174 valence electrons. The van der Waals surface area contributed by atoms with Gasteiger partial charge in [-0.1, -0.05) is 59.8 Å². The monoisotopic (exact) mass is 475 g/mol. The summed E-state index contributed by atoms with van der Waals surface area (Å²) in [7, 11) is 0. The van der Waals surface area contributed by atoms with Gasteiger partial charge in [-0.3, -0.25) is 10.1 Å². The van der Waals surface area contributed by atoms with E-state index in [0.717, 1.165) is 39.5 Å². The number of imide groups is 1. The van der Waals surface area contributed by atoms with Gasteiger partial charge >= 0.3 is 6.03 Å². The minimum atomic E-state index is -0.612. The standard InChI is InChI=1S/C24H25N7O2S/c1-4-26-23(33)28-22(32)15(3)34-24-30-29-21(31(24)25)18-13-20(16-11-9-14(2)10-12-16)27-19-8-6-5-7-17(18)19/h5-13,15H,4,25H2,1-3H3,(H2,26,28,32,33)/t15-/m1/s1. The molecule has 2 aromatic carbocycles. The van der Waals surface area contributed by atoms with Gasteiger partial charge in [0.1, 0.15) is 0 Å². The van der Waals surface area contributed by atoms with Crippen LogP contribution in [0.25, 0.3) is 33.5 Å². The lowest BCUT2D eigenvalue weighted by Crippen LogP contribution is -2.42. The van der Waals surface area contributed by atoms with E-state index in [9.17, 15) is 9.59 Å². The molecule has 0 bridgehead atoms. The van der Waals surface area contributed by atoms with Crippen molar-refractivity contribution in [3.63, 3.8) is 0 Å². The van der Waals surface area contributed by atoms with Gasteiger partial charge in [0.2, 0.25) is 11.1 Å². The molecule has 0 spiro atoms. The number of amides is 3. The summed E-state index contributed by atoms with van der Waals surface area (Å²) in [5.41, 5.74) is 4.52. The molecule has 0 fully saturated rings. The highest BCUT2D eigenvalue weighted by Gasteiger charge is 2.22. The van der Waals surface area contributed by atoms with Gasteiger partial charge in [0.15, 0.2) is 5.82 Å². The predicted octanol–water partition coefficient (Wildman–Crippen LogP) is 3.51. The van der Waals surface area contributed by atoms with Crippen molar-refractivity contribution in [1.82, 2.24) is 30.5 Å². The summed E-state index contributed by atoms with van der Waals surface area (Å²) in [5, 5.41) is 14.0. The Hall–Kier alpha value is -3.92. The molecule has 2 heterocycles. The third kappa shape index (κ3) is 4.86. The van der Waals surface area contributed by atoms with Gasteiger partial charge in [0.05, 0.1) is 16.5 Å². The molecule has 0 saturated carbocycles. The summed E-state index contributed by atoms with van der Waals surface area (Å²) in [5.74, 6) is 6.37. The molecule has 0 aliphatic heterocycles. The number of carbonyl (C=O) groups excluding carboxylic acids is 2. The Balaban J connectivity index is 1.68. The van der Waals surface area contributed by atoms with Gasteiger partial charge < -0.3 is 11.2 Å². The van der Waals surface area contributed by atoms with Gasteiger partial charge in [0.25, 0.3) is 0 Å². The first-order chi connectivity index (χ1) is 16.4. The van der Waals surface area contributed by atoms with Crippen molar-refractivity contribution in [2.24, 2.45) is 0 Å². The number of nitrogens with two attached hydrogens (primary N) is 1. The first kappa shape index (κ1) is 23.2. The zero-order valence-corrected chi connectivity index (χ0v) is 19.9. The van der Waals surface area contributed by atoms with Gasteiger partial charge in [-0.25, -0.2) is 14.5 Å². The van der Waals surface area contributed by atoms with Crippen LogP contribution < -0.4 is 16.5 Å². The second-order valence-electron chi connectivity index (χ2n) is 7.72. The minimum absolute atomic E-state index is 0.353. The topological polar surface area (TPSA) is 128 Å². The second kappa shape index (κ2) is 9.92. The molecule has 4 aromatic rings. The van der Waals surface area contributed by atoms with Crippen LogP contribution in [0.3, 0.4) is 0 Å². The van der Waals surface area contributed by atoms with Crippen molar-refractivity contribution < 1.29 is 9.59 Å². The fourth-order valence-corrected chi connectivity index (χ4v) is 4.17. The number of nitrogens with one attached hydrogen (secondary N) is 2. The maximum atomic E-state index is 12.3. The number of rotatable bonds is 6. The molecule has 3 amide bonds. The Bertz CT molecular complexity index is 1350. The Morgan fingerprint density at radius 1 is 1.12 bits per heavy atom. The van der Waals surface area contributed by atoms with Gasteiger partial charge in [-0.2, -0.15) is 0 Å². The Morgan fingerprint density at radius 2 is 1.85 bits per heavy atom. The van der Waals surface area contributed by atoms with Crippen molar-refractivity contribution >= 4 is 34.6 Å². The lowest BCUT2D eigenvalue weighted by atomic mass is 10.0. The SMILES string of the molecule is CCNC(=O)NC(=O)[C@@H](C)Sc1nnc(-c2cc(-c3ccc(C)cc3)nc3ccccc23)n1N. The molecule has 9 nitrogen and oxygen atoms in total. The number of para-hydroxylation sites is 1. The molecule has 4 rings (SSSR count). The molecule has 0 saturated heterocycles. The number of benzene rings is 2. The molecule has 0 radical (unpaired) electrons. The van der Waals surface area contributed by atoms with E-state index in [4.69, 9.17) is 10.8 Å². The van der Waals surface area contributed by atoms with E-state index in [1.54, 1.807) is 13.8 Å². The van der Waals surface area contributed by atoms with Crippen molar-refractivity contribution in [3.8, 4) is 22.6 Å². The van der Waals surface area contributed by atoms with Crippen molar-refractivity contribution in [3.05, 3.63) is 60.2 Å². The molecule has 0 aliphatic rings. The summed E-state index contributed by atoms with van der Waals surface area (Å²) < 4.78 is 1.36. The normalized spacial score (nSPS) is 11.9. The summed E-state index contributed by atoms with van der Waals surface area (Å²) >= 11 is 1.12. The molecule has 0 aliphatic carbocycles. The van der Waals surface area contributed by atoms with Crippen LogP contribution in [0.15, 0.2) is 59.8 Å². The minimum Gasteiger partial charge on any atom is -0.338 e. The zero-order valence-electron chi connectivity index (χ0n) is 19.1. The van der Waals surface area contributed by atoms with Crippen LogP contribution in [-0.2, 0) is 4.79 Å². The van der Waals surface area contributed by atoms with E-state index in [-0.39, 0.29) is 0 Å². The van der Waals surface area contributed by atoms with Crippen LogP contribution in [0.2, 0.25) is 0 Å². The van der Waals surface area contributed by atoms with Gasteiger partial charge in [0, 0.05) is 23.1 Å². The highest BCUT2D eigenvalue weighted by Crippen LogP contribution is 2.32. The van der Waals surface area contributed by atoms with Crippen LogP contribution in [0, 0.1) is 6.92 Å². The molecule has 2 aromatic heterocycles. The second-order valence-corrected chi connectivity index (χ2v) is 9.03. The number of fused-ring (bicyclic) bond motifs is 1. The highest BCUT2D eigenvalue weighted by atomic mass is 32.2. The number of hydrogen-bond acceptors (Lipinski definition) is 7. The largest absolute Gasteiger partial charge is 0.338 e. The van der Waals surface area contributed by atoms with E-state index >= 15 is 0 Å². The Labute approximate surface area is 201 Å². The summed E-state index contributed by atoms with van der Waals surface area (Å²) in [6.45, 7) is 5.90. The lowest BCUT2D eigenvalue weighted by Gasteiger charge is -2.12. The van der Waals surface area contributed by atoms with E-state index in [1.807, 2.05) is 61.5 Å². The third-order valence-electron chi connectivity index (χ3n) is 5.19. The maximum absolute atomic E-state index is 12.3. The van der Waals surface area contributed by atoms with Crippen LogP contribution in [-0.4, -0.2) is 43.6 Å². The van der Waals surface area contributed by atoms with Gasteiger partial charge in [-0.05, 0) is 32.9 Å². The van der Waals surface area contributed by atoms with E-state index < -0.39 is 17.2 Å². The predicted molar refractivity (Wildman–Crippen MR) is 134 cm³/mol. The van der Waals surface area contributed by atoms with Crippen LogP contribution in [0.5, 0.6) is 0 Å². The molecule has 0 unspecified atom stereocenters. The number of thioether (sulfide) groups is 1. The summed E-state index contributed by atoms with van der Waals surface area (Å²) in [6, 6.07) is 17.3. The fraction of sp³-hybridized carbons (Fsp3) is 0.208. The molecule has 4 N–H and O–H groups in total. The van der Waals surface area contributed by atoms with E-state index in [1.165, 1.54) is 10.2 Å². The van der Waals surface area contributed by atoms with Crippen molar-refractivity contribution in [1.29, 1.82) is 0 Å². The van der Waals surface area contributed by atoms with Crippen LogP contribution in [0.1, 0.15) is 19.4 Å². The lowest BCUT2D eigenvalue weighted by molar-refractivity contribution is -0.119. The molecular formula is C24H25N7O2S. The first-order valence-corrected chi connectivity index (χ1v) is 11.7. The smallest absolute Gasteiger partial charge is 0.321 e. The fourth-order valence-electron chi connectivity index (χ4n) is 3.40. The Morgan fingerprint density at radius 3 is 2.59 bits per heavy atom.